The summed E-state index contributed by atoms with van der Waals surface area (Å²) in [5.74, 6) is -0.992. The summed E-state index contributed by atoms with van der Waals surface area (Å²) in [5, 5.41) is 24.7. The minimum atomic E-state index is -1.71. The molecule has 2 aromatic carbocycles. The first-order valence-electron chi connectivity index (χ1n) is 7.44. The monoisotopic (exact) mass is 323 g/mol. The minimum absolute atomic E-state index is 0.330. The Hall–Kier alpha value is -2.96. The van der Waals surface area contributed by atoms with Gasteiger partial charge in [-0.3, -0.25) is 4.79 Å². The highest BCUT2D eigenvalue weighted by atomic mass is 16.3. The first-order valence-corrected chi connectivity index (χ1v) is 7.44. The van der Waals surface area contributed by atoms with E-state index < -0.39 is 18.1 Å². The molecule has 0 saturated carbocycles. The Bertz CT molecular complexity index is 831. The van der Waals surface area contributed by atoms with Crippen LogP contribution in [0.25, 0.3) is 16.9 Å². The molecule has 1 aromatic heterocycles. The second-order valence-electron chi connectivity index (χ2n) is 5.37. The number of primary amides is 1. The van der Waals surface area contributed by atoms with E-state index in [-0.39, 0.29) is 0 Å². The number of nitrogens with zero attached hydrogens (tertiary/aromatic N) is 2. The van der Waals surface area contributed by atoms with Crippen LogP contribution in [0.15, 0.2) is 66.9 Å². The van der Waals surface area contributed by atoms with Crippen LogP contribution in [0.5, 0.6) is 0 Å². The molecule has 0 bridgehead atoms. The number of para-hydroxylation sites is 1. The molecule has 3 aromatic rings. The van der Waals surface area contributed by atoms with E-state index in [1.54, 1.807) is 10.9 Å². The third kappa shape index (κ3) is 3.05. The average molecular weight is 323 g/mol. The van der Waals surface area contributed by atoms with Gasteiger partial charge in [0.25, 0.3) is 0 Å². The molecule has 0 fully saturated rings. The van der Waals surface area contributed by atoms with E-state index in [4.69, 9.17) is 5.73 Å². The van der Waals surface area contributed by atoms with Gasteiger partial charge in [-0.2, -0.15) is 5.10 Å². The van der Waals surface area contributed by atoms with Crippen LogP contribution in [0.1, 0.15) is 11.7 Å². The standard InChI is InChI=1S/C18H17N3O3/c19-18(24)17(23)16(22)14-11-21(13-9-5-2-6-10-13)20-15(14)12-7-3-1-4-8-12/h1-11,16-17,22-23H,(H2,19,24). The van der Waals surface area contributed by atoms with Crippen LogP contribution in [-0.2, 0) is 4.79 Å². The number of aliphatic hydroxyl groups is 2. The third-order valence-corrected chi connectivity index (χ3v) is 3.72. The number of aromatic nitrogens is 2. The molecule has 0 saturated heterocycles. The van der Waals surface area contributed by atoms with Crippen molar-refractivity contribution in [3.8, 4) is 16.9 Å². The number of rotatable bonds is 5. The van der Waals surface area contributed by atoms with Gasteiger partial charge in [0.05, 0.1) is 11.4 Å². The maximum atomic E-state index is 11.2. The first kappa shape index (κ1) is 15.9. The largest absolute Gasteiger partial charge is 0.385 e. The van der Waals surface area contributed by atoms with Crippen molar-refractivity contribution < 1.29 is 15.0 Å². The van der Waals surface area contributed by atoms with Gasteiger partial charge >= 0.3 is 0 Å². The molecule has 0 aliphatic carbocycles. The lowest BCUT2D eigenvalue weighted by Crippen LogP contribution is -2.33. The van der Waals surface area contributed by atoms with Gasteiger partial charge in [0.15, 0.2) is 6.10 Å². The van der Waals surface area contributed by atoms with Gasteiger partial charge < -0.3 is 15.9 Å². The molecular formula is C18H17N3O3. The first-order chi connectivity index (χ1) is 11.6. The Morgan fingerprint density at radius 3 is 2.17 bits per heavy atom. The zero-order chi connectivity index (χ0) is 17.1. The van der Waals surface area contributed by atoms with Crippen LogP contribution in [0.4, 0.5) is 0 Å². The van der Waals surface area contributed by atoms with E-state index in [2.05, 4.69) is 5.10 Å². The van der Waals surface area contributed by atoms with Crippen LogP contribution in [-0.4, -0.2) is 32.0 Å². The van der Waals surface area contributed by atoms with Gasteiger partial charge in [0.1, 0.15) is 6.10 Å². The van der Waals surface area contributed by atoms with Crippen LogP contribution in [0.2, 0.25) is 0 Å². The van der Waals surface area contributed by atoms with E-state index in [0.29, 0.717) is 11.3 Å². The average Bonchev–Trinajstić information content (AvgIpc) is 3.07. The molecule has 0 aliphatic rings. The fourth-order valence-electron chi connectivity index (χ4n) is 2.46. The quantitative estimate of drug-likeness (QED) is 0.661. The normalized spacial score (nSPS) is 13.4. The number of carbonyl (C=O) groups excluding carboxylic acids is 1. The van der Waals surface area contributed by atoms with Crippen LogP contribution in [0, 0.1) is 0 Å². The van der Waals surface area contributed by atoms with Crippen LogP contribution >= 0.6 is 0 Å². The predicted molar refractivity (Wildman–Crippen MR) is 89.2 cm³/mol. The summed E-state index contributed by atoms with van der Waals surface area (Å²) < 4.78 is 1.59. The Morgan fingerprint density at radius 2 is 1.58 bits per heavy atom. The van der Waals surface area contributed by atoms with Crippen molar-refractivity contribution in [2.45, 2.75) is 12.2 Å². The molecule has 6 nitrogen and oxygen atoms in total. The highest BCUT2D eigenvalue weighted by Crippen LogP contribution is 2.29. The lowest BCUT2D eigenvalue weighted by atomic mass is 10.0. The number of aliphatic hydroxyl groups excluding tert-OH is 2. The van der Waals surface area contributed by atoms with Gasteiger partial charge in [-0.15, -0.1) is 0 Å². The Labute approximate surface area is 138 Å². The molecular weight excluding hydrogens is 306 g/mol. The van der Waals surface area contributed by atoms with Gasteiger partial charge in [0, 0.05) is 17.3 Å². The van der Waals surface area contributed by atoms with E-state index in [0.717, 1.165) is 11.3 Å². The lowest BCUT2D eigenvalue weighted by Gasteiger charge is -2.14. The van der Waals surface area contributed by atoms with E-state index in [9.17, 15) is 15.0 Å². The van der Waals surface area contributed by atoms with Crippen molar-refractivity contribution in [2.24, 2.45) is 5.73 Å². The molecule has 1 amide bonds. The zero-order valence-corrected chi connectivity index (χ0v) is 12.8. The van der Waals surface area contributed by atoms with Crippen molar-refractivity contribution in [3.63, 3.8) is 0 Å². The second-order valence-corrected chi connectivity index (χ2v) is 5.37. The number of hydrogen-bond donors (Lipinski definition) is 3. The maximum absolute atomic E-state index is 11.2. The number of hydrogen-bond acceptors (Lipinski definition) is 4. The molecule has 3 rings (SSSR count). The summed E-state index contributed by atoms with van der Waals surface area (Å²) in [6, 6.07) is 18.6. The number of amides is 1. The zero-order valence-electron chi connectivity index (χ0n) is 12.8. The number of nitrogens with two attached hydrogens (primary N) is 1. The summed E-state index contributed by atoms with van der Waals surface area (Å²) in [6.45, 7) is 0. The van der Waals surface area contributed by atoms with Crippen molar-refractivity contribution >= 4 is 5.91 Å². The van der Waals surface area contributed by atoms with Gasteiger partial charge in [0.2, 0.25) is 5.91 Å². The molecule has 24 heavy (non-hydrogen) atoms. The SMILES string of the molecule is NC(=O)C(O)C(O)c1cn(-c2ccccc2)nc1-c1ccccc1. The van der Waals surface area contributed by atoms with Gasteiger partial charge in [-0.1, -0.05) is 48.5 Å². The molecule has 0 spiro atoms. The second kappa shape index (κ2) is 6.66. The molecule has 2 atom stereocenters. The summed E-state index contributed by atoms with van der Waals surface area (Å²) in [4.78, 5) is 11.2. The van der Waals surface area contributed by atoms with Crippen molar-refractivity contribution in [2.75, 3.05) is 0 Å². The molecule has 0 radical (unpaired) electrons. The summed E-state index contributed by atoms with van der Waals surface area (Å²) in [7, 11) is 0. The Kier molecular flexibility index (Phi) is 4.41. The molecule has 0 aliphatic heterocycles. The van der Waals surface area contributed by atoms with Crippen LogP contribution < -0.4 is 5.73 Å². The number of benzene rings is 2. The lowest BCUT2D eigenvalue weighted by molar-refractivity contribution is -0.131. The molecule has 122 valence electrons. The van der Waals surface area contributed by atoms with E-state index in [1.165, 1.54) is 0 Å². The molecule has 1 heterocycles. The molecule has 4 N–H and O–H groups in total. The summed E-state index contributed by atoms with van der Waals surface area (Å²) >= 11 is 0. The topological polar surface area (TPSA) is 101 Å². The predicted octanol–water partition coefficient (Wildman–Crippen LogP) is 1.42. The maximum Gasteiger partial charge on any atom is 0.249 e. The fraction of sp³-hybridized carbons (Fsp3) is 0.111. The molecule has 2 unspecified atom stereocenters. The van der Waals surface area contributed by atoms with Crippen molar-refractivity contribution in [1.29, 1.82) is 0 Å². The fourth-order valence-corrected chi connectivity index (χ4v) is 2.46. The Morgan fingerprint density at radius 1 is 1.00 bits per heavy atom. The summed E-state index contributed by atoms with van der Waals surface area (Å²) in [5.41, 5.74) is 7.47. The van der Waals surface area contributed by atoms with E-state index >= 15 is 0 Å². The van der Waals surface area contributed by atoms with E-state index in [1.807, 2.05) is 60.7 Å². The molecule has 6 heteroatoms. The van der Waals surface area contributed by atoms with Crippen molar-refractivity contribution in [3.05, 3.63) is 72.4 Å². The smallest absolute Gasteiger partial charge is 0.249 e. The Balaban J connectivity index is 2.12. The highest BCUT2D eigenvalue weighted by molar-refractivity contribution is 5.80. The summed E-state index contributed by atoms with van der Waals surface area (Å²) in [6.07, 6.45) is -1.58. The minimum Gasteiger partial charge on any atom is -0.385 e. The van der Waals surface area contributed by atoms with Gasteiger partial charge in [-0.05, 0) is 12.1 Å². The highest BCUT2D eigenvalue weighted by Gasteiger charge is 2.28. The van der Waals surface area contributed by atoms with Crippen molar-refractivity contribution in [1.82, 2.24) is 9.78 Å². The van der Waals surface area contributed by atoms with Crippen LogP contribution in [0.3, 0.4) is 0 Å². The third-order valence-electron chi connectivity index (χ3n) is 3.72. The van der Waals surface area contributed by atoms with Gasteiger partial charge in [-0.25, -0.2) is 4.68 Å². The number of carbonyl (C=O) groups is 1.